The number of hydrogen-bond donors (Lipinski definition) is 2. The number of rotatable bonds is 5. The second kappa shape index (κ2) is 9.02. The first-order valence-electron chi connectivity index (χ1n) is 7.18. The van der Waals surface area contributed by atoms with E-state index >= 15 is 0 Å². The Balaban J connectivity index is 0.00000242. The number of halogens is 3. The number of nitrogens with zero attached hydrogens (tertiary/aromatic N) is 1. The number of hydrogen-bond acceptors (Lipinski definition) is 3. The molecule has 1 amide bonds. The van der Waals surface area contributed by atoms with Crippen LogP contribution in [0.4, 0.5) is 14.5 Å². The Morgan fingerprint density at radius 3 is 2.45 bits per heavy atom. The highest BCUT2D eigenvalue weighted by Crippen LogP contribution is 2.14. The summed E-state index contributed by atoms with van der Waals surface area (Å²) in [6, 6.07) is 2.99. The van der Waals surface area contributed by atoms with Crippen molar-refractivity contribution >= 4 is 24.0 Å². The molecule has 1 aliphatic rings. The summed E-state index contributed by atoms with van der Waals surface area (Å²) < 4.78 is 26.1. The molecule has 0 aromatic heterocycles. The van der Waals surface area contributed by atoms with Crippen molar-refractivity contribution in [3.8, 4) is 0 Å². The first kappa shape index (κ1) is 18.8. The smallest absolute Gasteiger partial charge is 0.238 e. The maximum Gasteiger partial charge on any atom is 0.238 e. The second-order valence-electron chi connectivity index (χ2n) is 5.60. The zero-order chi connectivity index (χ0) is 15.2. The maximum absolute atomic E-state index is 13.0. The number of carbonyl (C=O) groups is 1. The van der Waals surface area contributed by atoms with E-state index in [0.717, 1.165) is 50.7 Å². The number of anilines is 1. The average Bonchev–Trinajstić information content (AvgIpc) is 2.37. The number of likely N-dealkylation sites (N-methyl/N-ethyl adjacent to an activating group) is 1. The van der Waals surface area contributed by atoms with Crippen LogP contribution in [0.1, 0.15) is 12.8 Å². The van der Waals surface area contributed by atoms with Crippen LogP contribution in [0.25, 0.3) is 0 Å². The third kappa shape index (κ3) is 6.25. The van der Waals surface area contributed by atoms with Gasteiger partial charge in [-0.15, -0.1) is 12.4 Å². The quantitative estimate of drug-likeness (QED) is 0.868. The first-order chi connectivity index (χ1) is 10.0. The highest BCUT2D eigenvalue weighted by atomic mass is 35.5. The van der Waals surface area contributed by atoms with Crippen molar-refractivity contribution in [1.82, 2.24) is 10.2 Å². The van der Waals surface area contributed by atoms with Gasteiger partial charge in [0.15, 0.2) is 0 Å². The molecule has 0 aliphatic carbocycles. The third-order valence-corrected chi connectivity index (χ3v) is 3.59. The number of nitrogens with one attached hydrogen (secondary N) is 2. The van der Waals surface area contributed by atoms with Crippen LogP contribution < -0.4 is 10.6 Å². The Morgan fingerprint density at radius 2 is 1.86 bits per heavy atom. The lowest BCUT2D eigenvalue weighted by molar-refractivity contribution is -0.117. The van der Waals surface area contributed by atoms with Crippen LogP contribution >= 0.6 is 12.4 Å². The Bertz CT molecular complexity index is 475. The largest absolute Gasteiger partial charge is 0.325 e. The molecule has 4 nitrogen and oxygen atoms in total. The molecule has 1 heterocycles. The summed E-state index contributed by atoms with van der Waals surface area (Å²) in [6.45, 7) is 3.11. The molecule has 0 atom stereocenters. The summed E-state index contributed by atoms with van der Waals surface area (Å²) in [6.07, 6.45) is 2.22. The van der Waals surface area contributed by atoms with Crippen molar-refractivity contribution in [1.29, 1.82) is 0 Å². The Morgan fingerprint density at radius 1 is 1.27 bits per heavy atom. The number of piperidine rings is 1. The molecule has 0 saturated carbocycles. The van der Waals surface area contributed by atoms with Crippen molar-refractivity contribution in [3.05, 3.63) is 29.8 Å². The maximum atomic E-state index is 13.0. The molecule has 2 N–H and O–H groups in total. The van der Waals surface area contributed by atoms with E-state index in [-0.39, 0.29) is 30.5 Å². The molecule has 1 aromatic rings. The molecule has 0 unspecified atom stereocenters. The fourth-order valence-corrected chi connectivity index (χ4v) is 2.64. The van der Waals surface area contributed by atoms with E-state index in [0.29, 0.717) is 5.92 Å². The fourth-order valence-electron chi connectivity index (χ4n) is 2.64. The van der Waals surface area contributed by atoms with Gasteiger partial charge >= 0.3 is 0 Å². The van der Waals surface area contributed by atoms with Crippen LogP contribution in [-0.2, 0) is 4.79 Å². The van der Waals surface area contributed by atoms with E-state index < -0.39 is 11.6 Å². The van der Waals surface area contributed by atoms with E-state index in [2.05, 4.69) is 10.6 Å². The lowest BCUT2D eigenvalue weighted by Gasteiger charge is -2.27. The zero-order valence-electron chi connectivity index (χ0n) is 12.6. The van der Waals surface area contributed by atoms with E-state index in [1.807, 2.05) is 11.9 Å². The van der Waals surface area contributed by atoms with Gasteiger partial charge in [-0.05, 0) is 51.0 Å². The van der Waals surface area contributed by atoms with Crippen molar-refractivity contribution in [2.24, 2.45) is 5.92 Å². The van der Waals surface area contributed by atoms with Crippen LogP contribution in [0, 0.1) is 17.6 Å². The van der Waals surface area contributed by atoms with Gasteiger partial charge in [-0.25, -0.2) is 8.78 Å². The second-order valence-corrected chi connectivity index (χ2v) is 5.60. The van der Waals surface area contributed by atoms with Gasteiger partial charge in [-0.3, -0.25) is 9.69 Å². The minimum absolute atomic E-state index is 0. The lowest BCUT2D eigenvalue weighted by atomic mass is 9.98. The first-order valence-corrected chi connectivity index (χ1v) is 7.18. The number of benzene rings is 1. The van der Waals surface area contributed by atoms with Crippen LogP contribution in [0.2, 0.25) is 0 Å². The van der Waals surface area contributed by atoms with Gasteiger partial charge in [0.05, 0.1) is 6.54 Å². The van der Waals surface area contributed by atoms with Gasteiger partial charge in [0.25, 0.3) is 0 Å². The highest BCUT2D eigenvalue weighted by molar-refractivity contribution is 5.92. The molecule has 1 saturated heterocycles. The molecule has 0 radical (unpaired) electrons. The monoisotopic (exact) mass is 333 g/mol. The van der Waals surface area contributed by atoms with Crippen molar-refractivity contribution in [2.45, 2.75) is 12.8 Å². The van der Waals surface area contributed by atoms with Crippen molar-refractivity contribution in [2.75, 3.05) is 38.5 Å². The Labute approximate surface area is 135 Å². The van der Waals surface area contributed by atoms with Gasteiger partial charge in [0, 0.05) is 18.3 Å². The molecule has 1 aromatic carbocycles. The molecule has 124 valence electrons. The molecule has 22 heavy (non-hydrogen) atoms. The lowest BCUT2D eigenvalue weighted by Crippen LogP contribution is -2.37. The molecule has 0 spiro atoms. The topological polar surface area (TPSA) is 44.4 Å². The fraction of sp³-hybridized carbons (Fsp3) is 0.533. The molecule has 2 rings (SSSR count). The predicted molar refractivity (Wildman–Crippen MR) is 85.3 cm³/mol. The molecule has 7 heteroatoms. The van der Waals surface area contributed by atoms with Crippen LogP contribution in [-0.4, -0.2) is 44.0 Å². The molecule has 1 fully saturated rings. The predicted octanol–water partition coefficient (Wildman–Crippen LogP) is 2.26. The summed E-state index contributed by atoms with van der Waals surface area (Å²) in [5, 5.41) is 5.82. The molecule has 1 aliphatic heterocycles. The van der Waals surface area contributed by atoms with Gasteiger partial charge in [-0.1, -0.05) is 0 Å². The van der Waals surface area contributed by atoms with Crippen LogP contribution in [0.5, 0.6) is 0 Å². The summed E-state index contributed by atoms with van der Waals surface area (Å²) in [5.74, 6) is -1.08. The number of carbonyl (C=O) groups excluding carboxylic acids is 1. The van der Waals surface area contributed by atoms with Gasteiger partial charge in [-0.2, -0.15) is 0 Å². The normalized spacial score (nSPS) is 15.5. The van der Waals surface area contributed by atoms with Gasteiger partial charge < -0.3 is 10.6 Å². The summed E-state index contributed by atoms with van der Waals surface area (Å²) >= 11 is 0. The summed E-state index contributed by atoms with van der Waals surface area (Å²) in [7, 11) is 1.88. The van der Waals surface area contributed by atoms with Crippen molar-refractivity contribution in [3.63, 3.8) is 0 Å². The summed E-state index contributed by atoms with van der Waals surface area (Å²) in [5.41, 5.74) is 0.146. The highest BCUT2D eigenvalue weighted by Gasteiger charge is 2.16. The van der Waals surface area contributed by atoms with Crippen LogP contribution in [0.3, 0.4) is 0 Å². The zero-order valence-corrected chi connectivity index (χ0v) is 13.4. The molecular weight excluding hydrogens is 312 g/mol. The van der Waals surface area contributed by atoms with E-state index in [1.165, 1.54) is 0 Å². The van der Waals surface area contributed by atoms with E-state index in [4.69, 9.17) is 0 Å². The Kier molecular flexibility index (Phi) is 7.72. The van der Waals surface area contributed by atoms with Gasteiger partial charge in [0.1, 0.15) is 11.6 Å². The van der Waals surface area contributed by atoms with Crippen LogP contribution in [0.15, 0.2) is 18.2 Å². The molecular formula is C15H22ClF2N3O. The van der Waals surface area contributed by atoms with E-state index in [9.17, 15) is 13.6 Å². The number of amides is 1. The SMILES string of the molecule is CN(CC(=O)Nc1cc(F)cc(F)c1)CC1CCNCC1.Cl. The minimum Gasteiger partial charge on any atom is -0.325 e. The average molecular weight is 334 g/mol. The van der Waals surface area contributed by atoms with E-state index in [1.54, 1.807) is 0 Å². The minimum atomic E-state index is -0.701. The Hall–Kier alpha value is -1.24. The summed E-state index contributed by atoms with van der Waals surface area (Å²) in [4.78, 5) is 13.8. The molecule has 0 bridgehead atoms. The standard InChI is InChI=1S/C15H21F2N3O.ClH/c1-20(9-11-2-4-18-5-3-11)10-15(21)19-14-7-12(16)6-13(17)8-14;/h6-8,11,18H,2-5,9-10H2,1H3,(H,19,21);1H. The van der Waals surface area contributed by atoms with Gasteiger partial charge in [0.2, 0.25) is 5.91 Å². The van der Waals surface area contributed by atoms with Crippen molar-refractivity contribution < 1.29 is 13.6 Å². The third-order valence-electron chi connectivity index (χ3n) is 3.59.